The van der Waals surface area contributed by atoms with Crippen LogP contribution in [0.2, 0.25) is 0 Å². The Morgan fingerprint density at radius 2 is 1.92 bits per heavy atom. The van der Waals surface area contributed by atoms with Gasteiger partial charge in [0.05, 0.1) is 6.20 Å². The van der Waals surface area contributed by atoms with Crippen LogP contribution in [0.5, 0.6) is 11.5 Å². The summed E-state index contributed by atoms with van der Waals surface area (Å²) in [6, 6.07) is 12.1. The van der Waals surface area contributed by atoms with Crippen LogP contribution in [-0.2, 0) is 6.54 Å². The van der Waals surface area contributed by atoms with Crippen LogP contribution in [0.3, 0.4) is 0 Å². The second-order valence-corrected chi connectivity index (χ2v) is 6.15. The third-order valence-electron chi connectivity index (χ3n) is 4.11. The lowest BCUT2D eigenvalue weighted by Crippen LogP contribution is -2.06. The molecule has 0 radical (unpaired) electrons. The zero-order valence-corrected chi connectivity index (χ0v) is 14.6. The van der Waals surface area contributed by atoms with Crippen molar-refractivity contribution in [2.75, 3.05) is 17.4 Å². The molecule has 0 amide bonds. The molecule has 3 aromatic rings. The lowest BCUT2D eigenvalue weighted by Gasteiger charge is -2.10. The average Bonchev–Trinajstić information content (AvgIpc) is 3.11. The summed E-state index contributed by atoms with van der Waals surface area (Å²) in [6.07, 6.45) is 1.60. The SMILES string of the molecule is Cc1ccc(C)c(Nc2nncc(NCc3ccc4c(c3)OCO4)n2)c1. The summed E-state index contributed by atoms with van der Waals surface area (Å²) in [5.41, 5.74) is 4.33. The maximum atomic E-state index is 5.40. The lowest BCUT2D eigenvalue weighted by molar-refractivity contribution is 0.174. The summed E-state index contributed by atoms with van der Waals surface area (Å²) in [7, 11) is 0. The second kappa shape index (κ2) is 6.87. The van der Waals surface area contributed by atoms with Crippen LogP contribution in [0.25, 0.3) is 0 Å². The molecule has 2 aromatic carbocycles. The molecule has 0 saturated heterocycles. The first kappa shape index (κ1) is 16.1. The van der Waals surface area contributed by atoms with E-state index in [2.05, 4.69) is 44.0 Å². The molecular formula is C19H19N5O2. The fourth-order valence-electron chi connectivity index (χ4n) is 2.68. The lowest BCUT2D eigenvalue weighted by atomic mass is 10.1. The Morgan fingerprint density at radius 3 is 2.85 bits per heavy atom. The molecule has 26 heavy (non-hydrogen) atoms. The minimum absolute atomic E-state index is 0.273. The Balaban J connectivity index is 1.45. The van der Waals surface area contributed by atoms with Crippen molar-refractivity contribution in [3.8, 4) is 11.5 Å². The zero-order valence-electron chi connectivity index (χ0n) is 14.6. The number of hydrogen-bond acceptors (Lipinski definition) is 7. The summed E-state index contributed by atoms with van der Waals surface area (Å²) in [4.78, 5) is 4.47. The van der Waals surface area contributed by atoms with E-state index in [-0.39, 0.29) is 6.79 Å². The van der Waals surface area contributed by atoms with E-state index in [0.717, 1.165) is 28.3 Å². The molecule has 0 spiro atoms. The highest BCUT2D eigenvalue weighted by molar-refractivity contribution is 5.59. The molecule has 4 rings (SSSR count). The number of rotatable bonds is 5. The monoisotopic (exact) mass is 349 g/mol. The maximum Gasteiger partial charge on any atom is 0.249 e. The Bertz CT molecular complexity index is 945. The Morgan fingerprint density at radius 1 is 1.04 bits per heavy atom. The van der Waals surface area contributed by atoms with Gasteiger partial charge in [0.2, 0.25) is 12.7 Å². The number of nitrogens with zero attached hydrogens (tertiary/aromatic N) is 3. The number of hydrogen-bond donors (Lipinski definition) is 2. The summed E-state index contributed by atoms with van der Waals surface area (Å²) < 4.78 is 10.7. The molecule has 7 nitrogen and oxygen atoms in total. The minimum Gasteiger partial charge on any atom is -0.454 e. The topological polar surface area (TPSA) is 81.2 Å². The third-order valence-corrected chi connectivity index (χ3v) is 4.11. The smallest absolute Gasteiger partial charge is 0.249 e. The summed E-state index contributed by atoms with van der Waals surface area (Å²) in [5.74, 6) is 2.64. The Kier molecular flexibility index (Phi) is 4.27. The third kappa shape index (κ3) is 3.51. The van der Waals surface area contributed by atoms with Crippen LogP contribution in [0.4, 0.5) is 17.5 Å². The van der Waals surface area contributed by atoms with E-state index in [1.165, 1.54) is 5.56 Å². The van der Waals surface area contributed by atoms with Gasteiger partial charge in [-0.2, -0.15) is 10.1 Å². The molecule has 0 aliphatic carbocycles. The van der Waals surface area contributed by atoms with Gasteiger partial charge in [-0.1, -0.05) is 18.2 Å². The molecule has 1 aliphatic rings. The first-order valence-electron chi connectivity index (χ1n) is 8.34. The molecule has 2 N–H and O–H groups in total. The second-order valence-electron chi connectivity index (χ2n) is 6.15. The molecule has 7 heteroatoms. The minimum atomic E-state index is 0.273. The fourth-order valence-corrected chi connectivity index (χ4v) is 2.68. The molecule has 0 unspecified atom stereocenters. The number of aryl methyl sites for hydroxylation is 2. The molecule has 0 atom stereocenters. The molecule has 1 aromatic heterocycles. The van der Waals surface area contributed by atoms with Gasteiger partial charge >= 0.3 is 0 Å². The van der Waals surface area contributed by atoms with Crippen LogP contribution in [0.1, 0.15) is 16.7 Å². The van der Waals surface area contributed by atoms with Gasteiger partial charge in [0.15, 0.2) is 17.3 Å². The van der Waals surface area contributed by atoms with Gasteiger partial charge in [-0.25, -0.2) is 0 Å². The molecule has 2 heterocycles. The molecule has 1 aliphatic heterocycles. The van der Waals surface area contributed by atoms with Gasteiger partial charge in [0, 0.05) is 12.2 Å². The van der Waals surface area contributed by atoms with Crippen molar-refractivity contribution in [2.45, 2.75) is 20.4 Å². The van der Waals surface area contributed by atoms with E-state index in [1.807, 2.05) is 32.0 Å². The standard InChI is InChI=1S/C19H19N5O2/c1-12-3-4-13(2)15(7-12)22-19-23-18(10-21-24-19)20-9-14-5-6-16-17(8-14)26-11-25-16/h3-8,10H,9,11H2,1-2H3,(H2,20,22,23,24). The maximum absolute atomic E-state index is 5.40. The van der Waals surface area contributed by atoms with Crippen LogP contribution in [-0.4, -0.2) is 22.0 Å². The molecule has 0 fully saturated rings. The highest BCUT2D eigenvalue weighted by Gasteiger charge is 2.13. The predicted molar refractivity (Wildman–Crippen MR) is 98.9 cm³/mol. The van der Waals surface area contributed by atoms with Crippen LogP contribution < -0.4 is 20.1 Å². The Labute approximate surface area is 151 Å². The zero-order chi connectivity index (χ0) is 17.9. The molecule has 0 bridgehead atoms. The van der Waals surface area contributed by atoms with Gasteiger partial charge in [-0.05, 0) is 48.7 Å². The largest absolute Gasteiger partial charge is 0.454 e. The van der Waals surface area contributed by atoms with E-state index in [0.29, 0.717) is 18.3 Å². The van der Waals surface area contributed by atoms with Gasteiger partial charge < -0.3 is 20.1 Å². The molecule has 132 valence electrons. The number of anilines is 3. The number of aromatic nitrogens is 3. The predicted octanol–water partition coefficient (Wildman–Crippen LogP) is 3.57. The van der Waals surface area contributed by atoms with Crippen LogP contribution in [0, 0.1) is 13.8 Å². The highest BCUT2D eigenvalue weighted by Crippen LogP contribution is 2.32. The first-order chi connectivity index (χ1) is 12.7. The molecule has 0 saturated carbocycles. The van der Waals surface area contributed by atoms with Crippen molar-refractivity contribution in [2.24, 2.45) is 0 Å². The fraction of sp³-hybridized carbons (Fsp3) is 0.211. The van der Waals surface area contributed by atoms with Crippen molar-refractivity contribution < 1.29 is 9.47 Å². The van der Waals surface area contributed by atoms with Crippen molar-refractivity contribution in [1.29, 1.82) is 0 Å². The van der Waals surface area contributed by atoms with Crippen LogP contribution >= 0.6 is 0 Å². The summed E-state index contributed by atoms with van der Waals surface area (Å²) in [6.45, 7) is 4.96. The van der Waals surface area contributed by atoms with Crippen molar-refractivity contribution in [3.05, 3.63) is 59.3 Å². The normalized spacial score (nSPS) is 12.1. The highest BCUT2D eigenvalue weighted by atomic mass is 16.7. The van der Waals surface area contributed by atoms with Crippen LogP contribution in [0.15, 0.2) is 42.6 Å². The van der Waals surface area contributed by atoms with E-state index < -0.39 is 0 Å². The van der Waals surface area contributed by atoms with Gasteiger partial charge in [0.1, 0.15) is 0 Å². The summed E-state index contributed by atoms with van der Waals surface area (Å²) in [5, 5.41) is 14.6. The van der Waals surface area contributed by atoms with Crippen molar-refractivity contribution in [3.63, 3.8) is 0 Å². The van der Waals surface area contributed by atoms with E-state index >= 15 is 0 Å². The van der Waals surface area contributed by atoms with E-state index in [4.69, 9.17) is 9.47 Å². The summed E-state index contributed by atoms with van der Waals surface area (Å²) >= 11 is 0. The molecular weight excluding hydrogens is 330 g/mol. The van der Waals surface area contributed by atoms with E-state index in [9.17, 15) is 0 Å². The van der Waals surface area contributed by atoms with Gasteiger partial charge in [-0.3, -0.25) is 0 Å². The van der Waals surface area contributed by atoms with Gasteiger partial charge in [0.25, 0.3) is 0 Å². The van der Waals surface area contributed by atoms with E-state index in [1.54, 1.807) is 6.20 Å². The number of ether oxygens (including phenoxy) is 2. The Hall–Kier alpha value is -3.35. The number of benzene rings is 2. The quantitative estimate of drug-likeness (QED) is 0.729. The first-order valence-corrected chi connectivity index (χ1v) is 8.34. The average molecular weight is 349 g/mol. The number of nitrogens with one attached hydrogen (secondary N) is 2. The van der Waals surface area contributed by atoms with Gasteiger partial charge in [-0.15, -0.1) is 5.10 Å². The van der Waals surface area contributed by atoms with Crippen molar-refractivity contribution in [1.82, 2.24) is 15.2 Å². The number of fused-ring (bicyclic) bond motifs is 1. The van der Waals surface area contributed by atoms with Crippen molar-refractivity contribution >= 4 is 17.5 Å².